The van der Waals surface area contributed by atoms with Gasteiger partial charge in [-0.25, -0.2) is 0 Å². The van der Waals surface area contributed by atoms with Crippen LogP contribution in [-0.2, 0) is 9.59 Å². The molecule has 0 fully saturated rings. The van der Waals surface area contributed by atoms with Gasteiger partial charge in [0.1, 0.15) is 0 Å². The summed E-state index contributed by atoms with van der Waals surface area (Å²) in [6, 6.07) is 7.22. The fourth-order valence-corrected chi connectivity index (χ4v) is 2.05. The van der Waals surface area contributed by atoms with E-state index >= 15 is 0 Å². The van der Waals surface area contributed by atoms with Crippen LogP contribution in [0.15, 0.2) is 28.7 Å². The van der Waals surface area contributed by atoms with E-state index in [1.54, 1.807) is 19.1 Å². The lowest BCUT2D eigenvalue weighted by atomic mass is 10.3. The number of carbonyl (C=O) groups is 2. The molecule has 0 aromatic heterocycles. The molecule has 92 valence electrons. The lowest BCUT2D eigenvalue weighted by Crippen LogP contribution is -2.19. The molecule has 1 aromatic rings. The minimum absolute atomic E-state index is 0.125. The lowest BCUT2D eigenvalue weighted by molar-refractivity contribution is -0.136. The second kappa shape index (κ2) is 6.66. The van der Waals surface area contributed by atoms with Gasteiger partial charge >= 0.3 is 5.97 Å². The maximum Gasteiger partial charge on any atom is 0.316 e. The van der Waals surface area contributed by atoms with E-state index in [4.69, 9.17) is 5.11 Å². The maximum atomic E-state index is 11.5. The van der Waals surface area contributed by atoms with Crippen LogP contribution < -0.4 is 5.32 Å². The Balaban J connectivity index is 2.42. The third-order valence-corrected chi connectivity index (χ3v) is 3.54. The molecule has 17 heavy (non-hydrogen) atoms. The van der Waals surface area contributed by atoms with Gasteiger partial charge < -0.3 is 10.4 Å². The summed E-state index contributed by atoms with van der Waals surface area (Å²) in [6.45, 7) is 1.55. The molecule has 4 nitrogen and oxygen atoms in total. The molecule has 2 N–H and O–H groups in total. The van der Waals surface area contributed by atoms with E-state index in [9.17, 15) is 9.59 Å². The predicted octanol–water partition coefficient (Wildman–Crippen LogP) is 2.59. The molecule has 1 amide bonds. The van der Waals surface area contributed by atoms with Crippen LogP contribution in [-0.4, -0.2) is 28.0 Å². The number of hydrogen-bond acceptors (Lipinski definition) is 3. The van der Waals surface area contributed by atoms with Crippen LogP contribution in [0, 0.1) is 0 Å². The summed E-state index contributed by atoms with van der Waals surface area (Å²) in [4.78, 5) is 22.1. The number of carboxylic acid groups (broad SMARTS) is 1. The van der Waals surface area contributed by atoms with E-state index in [-0.39, 0.29) is 11.7 Å². The van der Waals surface area contributed by atoms with Gasteiger partial charge in [0.05, 0.1) is 11.0 Å². The molecule has 1 aromatic carbocycles. The van der Waals surface area contributed by atoms with Crippen LogP contribution >= 0.6 is 27.7 Å². The molecule has 0 radical (unpaired) electrons. The van der Waals surface area contributed by atoms with Crippen LogP contribution in [0.3, 0.4) is 0 Å². The Morgan fingerprint density at radius 3 is 2.82 bits per heavy atom. The molecule has 0 unspecified atom stereocenters. The summed E-state index contributed by atoms with van der Waals surface area (Å²) in [7, 11) is 0. The molecular formula is C11H12BrNO3S. The van der Waals surface area contributed by atoms with Crippen LogP contribution in [0.5, 0.6) is 0 Å². The van der Waals surface area contributed by atoms with Gasteiger partial charge in [0.15, 0.2) is 0 Å². The fourth-order valence-electron chi connectivity index (χ4n) is 1.04. The molecule has 0 spiro atoms. The third-order valence-electron chi connectivity index (χ3n) is 1.92. The Kier molecular flexibility index (Phi) is 5.50. The van der Waals surface area contributed by atoms with Crippen molar-refractivity contribution in [3.63, 3.8) is 0 Å². The molecule has 0 saturated carbocycles. The average Bonchev–Trinajstić information content (AvgIpc) is 2.25. The lowest BCUT2D eigenvalue weighted by Gasteiger charge is -2.07. The highest BCUT2D eigenvalue weighted by atomic mass is 79.9. The molecule has 0 saturated heterocycles. The predicted molar refractivity (Wildman–Crippen MR) is 72.3 cm³/mol. The van der Waals surface area contributed by atoms with Crippen molar-refractivity contribution < 1.29 is 14.7 Å². The molecular weight excluding hydrogens is 306 g/mol. The van der Waals surface area contributed by atoms with E-state index in [0.717, 1.165) is 16.2 Å². The summed E-state index contributed by atoms with van der Waals surface area (Å²) in [5, 5.41) is 10.8. The van der Waals surface area contributed by atoms with Crippen molar-refractivity contribution in [2.45, 2.75) is 12.2 Å². The SMILES string of the molecule is C[C@@H](SCC(=O)Nc1cccc(Br)c1)C(=O)O. The Morgan fingerprint density at radius 1 is 1.53 bits per heavy atom. The molecule has 6 heteroatoms. The minimum Gasteiger partial charge on any atom is -0.480 e. The quantitative estimate of drug-likeness (QED) is 0.876. The molecule has 1 rings (SSSR count). The number of anilines is 1. The van der Waals surface area contributed by atoms with Crippen LogP contribution in [0.1, 0.15) is 6.92 Å². The number of thioether (sulfide) groups is 1. The van der Waals surface area contributed by atoms with Gasteiger partial charge in [-0.3, -0.25) is 9.59 Å². The van der Waals surface area contributed by atoms with Crippen molar-refractivity contribution in [3.8, 4) is 0 Å². The standard InChI is InChI=1S/C11H12BrNO3S/c1-7(11(15)16)17-6-10(14)13-9-4-2-3-8(12)5-9/h2-5,7H,6H2,1H3,(H,13,14)(H,15,16)/t7-/m1/s1. The first-order chi connectivity index (χ1) is 7.99. The number of rotatable bonds is 5. The number of nitrogens with one attached hydrogen (secondary N) is 1. The van der Waals surface area contributed by atoms with E-state index in [1.807, 2.05) is 12.1 Å². The molecule has 0 aliphatic rings. The number of carbonyl (C=O) groups excluding carboxylic acids is 1. The van der Waals surface area contributed by atoms with Crippen LogP contribution in [0.4, 0.5) is 5.69 Å². The summed E-state index contributed by atoms with van der Waals surface area (Å²) in [6.07, 6.45) is 0. The number of halogens is 1. The maximum absolute atomic E-state index is 11.5. The Bertz CT molecular complexity index is 425. The number of aliphatic carboxylic acids is 1. The van der Waals surface area contributed by atoms with E-state index in [1.165, 1.54) is 0 Å². The summed E-state index contributed by atoms with van der Waals surface area (Å²) < 4.78 is 0.877. The smallest absolute Gasteiger partial charge is 0.316 e. The molecule has 0 heterocycles. The van der Waals surface area contributed by atoms with Crippen molar-refractivity contribution in [1.82, 2.24) is 0 Å². The van der Waals surface area contributed by atoms with Gasteiger partial charge in [0.25, 0.3) is 0 Å². The Morgan fingerprint density at radius 2 is 2.24 bits per heavy atom. The summed E-state index contributed by atoms with van der Waals surface area (Å²) in [5.41, 5.74) is 0.688. The first kappa shape index (κ1) is 14.1. The number of carboxylic acids is 1. The van der Waals surface area contributed by atoms with Gasteiger partial charge in [-0.1, -0.05) is 22.0 Å². The number of benzene rings is 1. The molecule has 1 atom stereocenters. The van der Waals surface area contributed by atoms with E-state index < -0.39 is 11.2 Å². The van der Waals surface area contributed by atoms with Gasteiger partial charge in [-0.05, 0) is 25.1 Å². The van der Waals surface area contributed by atoms with Crippen LogP contribution in [0.25, 0.3) is 0 Å². The third kappa shape index (κ3) is 5.23. The second-order valence-electron chi connectivity index (χ2n) is 3.35. The van der Waals surface area contributed by atoms with Crippen LogP contribution in [0.2, 0.25) is 0 Å². The second-order valence-corrected chi connectivity index (χ2v) is 5.59. The van der Waals surface area contributed by atoms with Crippen molar-refractivity contribution in [3.05, 3.63) is 28.7 Å². The number of amides is 1. The average molecular weight is 318 g/mol. The van der Waals surface area contributed by atoms with Gasteiger partial charge in [-0.2, -0.15) is 0 Å². The largest absolute Gasteiger partial charge is 0.480 e. The van der Waals surface area contributed by atoms with Crippen molar-refractivity contribution in [1.29, 1.82) is 0 Å². The van der Waals surface area contributed by atoms with Crippen molar-refractivity contribution in [2.75, 3.05) is 11.1 Å². The molecule has 0 aliphatic carbocycles. The molecule has 0 aliphatic heterocycles. The summed E-state index contributed by atoms with van der Waals surface area (Å²) >= 11 is 4.39. The zero-order valence-electron chi connectivity index (χ0n) is 9.14. The van der Waals surface area contributed by atoms with Crippen molar-refractivity contribution in [2.24, 2.45) is 0 Å². The Hall–Kier alpha value is -1.01. The fraction of sp³-hybridized carbons (Fsp3) is 0.273. The highest BCUT2D eigenvalue weighted by molar-refractivity contribution is 9.10. The summed E-state index contributed by atoms with van der Waals surface area (Å²) in [5.74, 6) is -0.994. The minimum atomic E-state index is -0.912. The van der Waals surface area contributed by atoms with E-state index in [2.05, 4.69) is 21.2 Å². The topological polar surface area (TPSA) is 66.4 Å². The zero-order valence-corrected chi connectivity index (χ0v) is 11.5. The molecule has 0 bridgehead atoms. The highest BCUT2D eigenvalue weighted by Crippen LogP contribution is 2.16. The zero-order chi connectivity index (χ0) is 12.8. The normalized spacial score (nSPS) is 11.9. The first-order valence-corrected chi connectivity index (χ1v) is 6.73. The van der Waals surface area contributed by atoms with Gasteiger partial charge in [-0.15, -0.1) is 11.8 Å². The number of hydrogen-bond donors (Lipinski definition) is 2. The van der Waals surface area contributed by atoms with Gasteiger partial charge in [0, 0.05) is 10.2 Å². The Labute approximate surface area is 112 Å². The highest BCUT2D eigenvalue weighted by Gasteiger charge is 2.13. The monoisotopic (exact) mass is 317 g/mol. The van der Waals surface area contributed by atoms with E-state index in [0.29, 0.717) is 5.69 Å². The first-order valence-electron chi connectivity index (χ1n) is 4.89. The van der Waals surface area contributed by atoms with Crippen molar-refractivity contribution >= 4 is 45.3 Å². The van der Waals surface area contributed by atoms with Gasteiger partial charge in [0.2, 0.25) is 5.91 Å².